The van der Waals surface area contributed by atoms with Crippen LogP contribution in [0.4, 0.5) is 11.4 Å². The van der Waals surface area contributed by atoms with Gasteiger partial charge in [0.2, 0.25) is 0 Å². The Morgan fingerprint density at radius 3 is 2.84 bits per heavy atom. The quantitative estimate of drug-likeness (QED) is 0.520. The van der Waals surface area contributed by atoms with Gasteiger partial charge in [-0.05, 0) is 12.1 Å². The van der Waals surface area contributed by atoms with Gasteiger partial charge in [-0.1, -0.05) is 17.7 Å². The van der Waals surface area contributed by atoms with Crippen molar-refractivity contribution in [2.45, 2.75) is 6.54 Å². The molecule has 0 amide bonds. The first-order chi connectivity index (χ1) is 8.99. The molecule has 0 spiro atoms. The number of anilines is 1. The lowest BCUT2D eigenvalue weighted by Crippen LogP contribution is -2.23. The lowest BCUT2D eigenvalue weighted by molar-refractivity contribution is -0.385. The van der Waals surface area contributed by atoms with Crippen LogP contribution in [0.5, 0.6) is 0 Å². The molecule has 0 fully saturated rings. The molecule has 0 bridgehead atoms. The lowest BCUT2D eigenvalue weighted by atomic mass is 10.2. The zero-order valence-corrected chi connectivity index (χ0v) is 10.4. The highest BCUT2D eigenvalue weighted by atomic mass is 35.5. The zero-order chi connectivity index (χ0) is 14.0. The number of aromatic nitrogens is 2. The van der Waals surface area contributed by atoms with Gasteiger partial charge in [-0.15, -0.1) is 0 Å². The van der Waals surface area contributed by atoms with Gasteiger partial charge in [0.1, 0.15) is 6.20 Å². The van der Waals surface area contributed by atoms with Crippen LogP contribution in [0.15, 0.2) is 35.4 Å². The molecule has 8 heteroatoms. The number of nitro groups is 1. The van der Waals surface area contributed by atoms with E-state index in [4.69, 9.17) is 17.3 Å². The molecule has 2 aromatic rings. The molecular weight excluding hydrogens is 272 g/mol. The number of halogens is 1. The van der Waals surface area contributed by atoms with Crippen molar-refractivity contribution in [2.75, 3.05) is 5.73 Å². The maximum atomic E-state index is 11.6. The van der Waals surface area contributed by atoms with Gasteiger partial charge < -0.3 is 5.73 Å². The number of nitrogens with two attached hydrogens (primary N) is 1. The molecule has 19 heavy (non-hydrogen) atoms. The summed E-state index contributed by atoms with van der Waals surface area (Å²) >= 11 is 5.98. The highest BCUT2D eigenvalue weighted by molar-refractivity contribution is 6.31. The maximum Gasteiger partial charge on any atom is 0.348 e. The molecule has 1 aromatic heterocycles. The van der Waals surface area contributed by atoms with Crippen molar-refractivity contribution < 1.29 is 4.92 Å². The van der Waals surface area contributed by atoms with E-state index in [9.17, 15) is 14.9 Å². The van der Waals surface area contributed by atoms with E-state index in [0.717, 1.165) is 17.0 Å². The smallest absolute Gasteiger partial charge is 0.348 e. The molecule has 0 saturated heterocycles. The van der Waals surface area contributed by atoms with Crippen molar-refractivity contribution in [1.82, 2.24) is 9.55 Å². The second-order valence-electron chi connectivity index (χ2n) is 3.79. The highest BCUT2D eigenvalue weighted by Gasteiger charge is 2.11. The number of hydrogen-bond acceptors (Lipinski definition) is 5. The van der Waals surface area contributed by atoms with Crippen LogP contribution in [0.1, 0.15) is 5.56 Å². The van der Waals surface area contributed by atoms with E-state index < -0.39 is 10.6 Å². The predicted molar refractivity (Wildman–Crippen MR) is 70.1 cm³/mol. The Morgan fingerprint density at radius 2 is 2.21 bits per heavy atom. The molecule has 1 heterocycles. The Hall–Kier alpha value is -2.41. The summed E-state index contributed by atoms with van der Waals surface area (Å²) in [6.45, 7) is 0.0268. The fraction of sp³-hybridized carbons (Fsp3) is 0.0909. The van der Waals surface area contributed by atoms with Gasteiger partial charge >= 0.3 is 11.4 Å². The van der Waals surface area contributed by atoms with Crippen LogP contribution < -0.4 is 11.4 Å². The molecule has 0 aliphatic carbocycles. The summed E-state index contributed by atoms with van der Waals surface area (Å²) in [7, 11) is 0. The standard InChI is InChI=1S/C11H9ClN4O3/c12-9-2-1-3-10(13)8(9)6-15-5-7(16(18)19)4-14-11(15)17/h1-5H,6,13H2. The average Bonchev–Trinajstić information content (AvgIpc) is 2.35. The van der Waals surface area contributed by atoms with Gasteiger partial charge in [0.05, 0.1) is 17.7 Å². The van der Waals surface area contributed by atoms with Gasteiger partial charge in [-0.25, -0.2) is 4.79 Å². The first kappa shape index (κ1) is 13.0. The van der Waals surface area contributed by atoms with E-state index >= 15 is 0 Å². The van der Waals surface area contributed by atoms with Gasteiger partial charge in [-0.3, -0.25) is 14.7 Å². The summed E-state index contributed by atoms with van der Waals surface area (Å²) in [4.78, 5) is 25.0. The Balaban J connectivity index is 2.46. The van der Waals surface area contributed by atoms with Crippen molar-refractivity contribution in [3.8, 4) is 0 Å². The van der Waals surface area contributed by atoms with Gasteiger partial charge in [0.15, 0.2) is 0 Å². The largest absolute Gasteiger partial charge is 0.398 e. The van der Waals surface area contributed by atoms with Crippen molar-refractivity contribution >= 4 is 23.0 Å². The van der Waals surface area contributed by atoms with Crippen molar-refractivity contribution in [3.63, 3.8) is 0 Å². The third kappa shape index (κ3) is 2.71. The molecule has 0 saturated carbocycles. The number of nitrogen functional groups attached to an aromatic ring is 1. The summed E-state index contributed by atoms with van der Waals surface area (Å²) in [5.41, 5.74) is 5.81. The Morgan fingerprint density at radius 1 is 1.47 bits per heavy atom. The van der Waals surface area contributed by atoms with Crippen LogP contribution in [0, 0.1) is 10.1 Å². The number of nitrogens with zero attached hydrogens (tertiary/aromatic N) is 3. The maximum absolute atomic E-state index is 11.6. The summed E-state index contributed by atoms with van der Waals surface area (Å²) in [6, 6.07) is 4.94. The highest BCUT2D eigenvalue weighted by Crippen LogP contribution is 2.22. The summed E-state index contributed by atoms with van der Waals surface area (Å²) < 4.78 is 1.09. The summed E-state index contributed by atoms with van der Waals surface area (Å²) in [5, 5.41) is 11.0. The molecule has 7 nitrogen and oxygen atoms in total. The molecule has 0 radical (unpaired) electrons. The normalized spacial score (nSPS) is 10.4. The second kappa shape index (κ2) is 5.07. The van der Waals surface area contributed by atoms with Gasteiger partial charge in [-0.2, -0.15) is 4.98 Å². The van der Waals surface area contributed by atoms with Gasteiger partial charge in [0.25, 0.3) is 0 Å². The molecule has 0 atom stereocenters. The molecule has 0 aliphatic heterocycles. The Bertz CT molecular complexity index is 678. The SMILES string of the molecule is Nc1cccc(Cl)c1Cn1cc([N+](=O)[O-])cnc1=O. The first-order valence-electron chi connectivity index (χ1n) is 5.23. The monoisotopic (exact) mass is 280 g/mol. The minimum absolute atomic E-state index is 0.0268. The van der Waals surface area contributed by atoms with Crippen molar-refractivity contribution in [2.24, 2.45) is 0 Å². The minimum atomic E-state index is -0.626. The Kier molecular flexibility index (Phi) is 3.48. The van der Waals surface area contributed by atoms with Crippen LogP contribution in [0.25, 0.3) is 0 Å². The lowest BCUT2D eigenvalue weighted by Gasteiger charge is -2.09. The van der Waals surface area contributed by atoms with Crippen molar-refractivity contribution in [3.05, 3.63) is 61.8 Å². The number of hydrogen-bond donors (Lipinski definition) is 1. The molecule has 2 rings (SSSR count). The predicted octanol–water partition coefficient (Wildman–Crippen LogP) is 1.44. The number of rotatable bonds is 3. The molecular formula is C11H9ClN4O3. The average molecular weight is 281 g/mol. The van der Waals surface area contributed by atoms with E-state index in [-0.39, 0.29) is 12.2 Å². The van der Waals surface area contributed by atoms with E-state index in [2.05, 4.69) is 4.98 Å². The van der Waals surface area contributed by atoms with E-state index in [1.807, 2.05) is 0 Å². The molecule has 0 unspecified atom stereocenters. The fourth-order valence-electron chi connectivity index (χ4n) is 1.56. The molecule has 98 valence electrons. The topological polar surface area (TPSA) is 104 Å². The van der Waals surface area contributed by atoms with Crippen LogP contribution in [0.2, 0.25) is 5.02 Å². The third-order valence-electron chi connectivity index (χ3n) is 2.54. The van der Waals surface area contributed by atoms with Crippen LogP contribution in [0.3, 0.4) is 0 Å². The molecule has 2 N–H and O–H groups in total. The third-order valence-corrected chi connectivity index (χ3v) is 2.89. The Labute approximate surface area is 112 Å². The van der Waals surface area contributed by atoms with Crippen LogP contribution in [-0.2, 0) is 6.54 Å². The van der Waals surface area contributed by atoms with Gasteiger partial charge in [0, 0.05) is 16.3 Å². The van der Waals surface area contributed by atoms with E-state index in [0.29, 0.717) is 16.3 Å². The minimum Gasteiger partial charge on any atom is -0.398 e. The summed E-state index contributed by atoms with van der Waals surface area (Å²) in [5.74, 6) is 0. The number of benzene rings is 1. The molecule has 1 aromatic carbocycles. The van der Waals surface area contributed by atoms with E-state index in [1.165, 1.54) is 0 Å². The zero-order valence-electron chi connectivity index (χ0n) is 9.62. The van der Waals surface area contributed by atoms with Crippen molar-refractivity contribution in [1.29, 1.82) is 0 Å². The summed E-state index contributed by atoms with van der Waals surface area (Å²) in [6.07, 6.45) is 2.02. The van der Waals surface area contributed by atoms with Crippen LogP contribution >= 0.6 is 11.6 Å². The molecule has 0 aliphatic rings. The first-order valence-corrected chi connectivity index (χ1v) is 5.60. The van der Waals surface area contributed by atoms with Crippen LogP contribution in [-0.4, -0.2) is 14.5 Å². The van der Waals surface area contributed by atoms with E-state index in [1.54, 1.807) is 18.2 Å². The second-order valence-corrected chi connectivity index (χ2v) is 4.19. The fourth-order valence-corrected chi connectivity index (χ4v) is 1.81.